The summed E-state index contributed by atoms with van der Waals surface area (Å²) in [5.74, 6) is -0.611. The maximum Gasteiger partial charge on any atom is 0.416 e. The number of carbonyl (C=O) groups is 2. The molecule has 3 aromatic carbocycles. The summed E-state index contributed by atoms with van der Waals surface area (Å²) in [7, 11) is 3.37. The smallest absolute Gasteiger partial charge is 0.399 e. The van der Waals surface area contributed by atoms with Gasteiger partial charge in [0.2, 0.25) is 5.91 Å². The Labute approximate surface area is 195 Å². The predicted molar refractivity (Wildman–Crippen MR) is 126 cm³/mol. The number of anilines is 4. The summed E-state index contributed by atoms with van der Waals surface area (Å²) in [6.45, 7) is 0. The molecule has 34 heavy (non-hydrogen) atoms. The summed E-state index contributed by atoms with van der Waals surface area (Å²) >= 11 is 0. The van der Waals surface area contributed by atoms with Gasteiger partial charge < -0.3 is 15.4 Å². The lowest BCUT2D eigenvalue weighted by Crippen LogP contribution is -2.45. The Kier molecular flexibility index (Phi) is 5.85. The third kappa shape index (κ3) is 3.89. The van der Waals surface area contributed by atoms with Crippen molar-refractivity contribution in [3.8, 4) is 0 Å². The van der Waals surface area contributed by atoms with E-state index < -0.39 is 23.1 Å². The van der Waals surface area contributed by atoms with Crippen LogP contribution >= 0.6 is 0 Å². The number of hydrogen-bond donors (Lipinski definition) is 1. The number of amides is 1. The highest BCUT2D eigenvalue weighted by molar-refractivity contribution is 6.16. The second-order valence-corrected chi connectivity index (χ2v) is 8.58. The minimum atomic E-state index is -4.61. The van der Waals surface area contributed by atoms with Crippen molar-refractivity contribution in [2.75, 3.05) is 29.6 Å². The van der Waals surface area contributed by atoms with E-state index in [0.717, 1.165) is 17.7 Å². The standard InChI is InChI=1S/C26H24F3N3O2/c1-31(2)22-11-8-18(26(27,28)29)15-23(22)32(20-6-4-3-5-7-20)24(34)25(16-33)13-12-17-14-19(30)9-10-21(17)25/h3-11,14-16H,12-13,30H2,1-2H3. The molecule has 176 valence electrons. The number of rotatable bonds is 5. The lowest BCUT2D eigenvalue weighted by atomic mass is 9.81. The van der Waals surface area contributed by atoms with Crippen LogP contribution in [-0.4, -0.2) is 26.3 Å². The molecule has 0 saturated carbocycles. The zero-order valence-corrected chi connectivity index (χ0v) is 18.8. The number of aldehydes is 1. The summed E-state index contributed by atoms with van der Waals surface area (Å²) in [6.07, 6.45) is -3.34. The Morgan fingerprint density at radius 3 is 2.32 bits per heavy atom. The summed E-state index contributed by atoms with van der Waals surface area (Å²) in [4.78, 5) is 29.7. The van der Waals surface area contributed by atoms with Gasteiger partial charge in [-0.3, -0.25) is 9.69 Å². The Morgan fingerprint density at radius 1 is 1.00 bits per heavy atom. The van der Waals surface area contributed by atoms with Crippen molar-refractivity contribution in [1.29, 1.82) is 0 Å². The number of fused-ring (bicyclic) bond motifs is 1. The van der Waals surface area contributed by atoms with Crippen LogP contribution in [-0.2, 0) is 27.6 Å². The molecule has 0 saturated heterocycles. The molecule has 4 rings (SSSR count). The van der Waals surface area contributed by atoms with Gasteiger partial charge in [0.15, 0.2) is 0 Å². The maximum absolute atomic E-state index is 14.2. The molecular weight excluding hydrogens is 443 g/mol. The lowest BCUT2D eigenvalue weighted by molar-refractivity contribution is -0.137. The Morgan fingerprint density at radius 2 is 1.71 bits per heavy atom. The number of nitrogens with zero attached hydrogens (tertiary/aromatic N) is 2. The topological polar surface area (TPSA) is 66.6 Å². The van der Waals surface area contributed by atoms with Gasteiger partial charge in [-0.15, -0.1) is 0 Å². The van der Waals surface area contributed by atoms with E-state index in [1.807, 2.05) is 0 Å². The van der Waals surface area contributed by atoms with E-state index in [2.05, 4.69) is 0 Å². The Balaban J connectivity index is 1.97. The Bertz CT molecular complexity index is 1240. The minimum Gasteiger partial charge on any atom is -0.399 e. The molecule has 1 amide bonds. The number of aryl methyl sites for hydroxylation is 1. The van der Waals surface area contributed by atoms with Crippen LogP contribution in [0.5, 0.6) is 0 Å². The van der Waals surface area contributed by atoms with Crippen molar-refractivity contribution >= 4 is 34.9 Å². The first-order valence-corrected chi connectivity index (χ1v) is 10.7. The first-order chi connectivity index (χ1) is 16.1. The van der Waals surface area contributed by atoms with Gasteiger partial charge in [-0.05, 0) is 66.4 Å². The number of para-hydroxylation sites is 1. The summed E-state index contributed by atoms with van der Waals surface area (Å²) < 4.78 is 41.0. The minimum absolute atomic E-state index is 0.0427. The Hall–Kier alpha value is -3.81. The number of alkyl halides is 3. The normalized spacial score (nSPS) is 17.2. The van der Waals surface area contributed by atoms with Crippen molar-refractivity contribution in [3.63, 3.8) is 0 Å². The van der Waals surface area contributed by atoms with Crippen molar-refractivity contribution in [3.05, 3.63) is 83.4 Å². The molecule has 2 N–H and O–H groups in total. The average Bonchev–Trinajstić information content (AvgIpc) is 3.18. The van der Waals surface area contributed by atoms with Gasteiger partial charge in [-0.1, -0.05) is 24.3 Å². The molecule has 0 aliphatic heterocycles. The van der Waals surface area contributed by atoms with Crippen LogP contribution in [0.1, 0.15) is 23.1 Å². The molecule has 8 heteroatoms. The van der Waals surface area contributed by atoms with Gasteiger partial charge in [0.05, 0.1) is 16.9 Å². The van der Waals surface area contributed by atoms with Gasteiger partial charge in [0.25, 0.3) is 0 Å². The number of halogens is 3. The molecule has 5 nitrogen and oxygen atoms in total. The highest BCUT2D eigenvalue weighted by atomic mass is 19.4. The fourth-order valence-corrected chi connectivity index (χ4v) is 4.52. The molecule has 0 bridgehead atoms. The van der Waals surface area contributed by atoms with Crippen LogP contribution in [0.2, 0.25) is 0 Å². The second-order valence-electron chi connectivity index (χ2n) is 8.58. The van der Waals surface area contributed by atoms with Gasteiger partial charge in [-0.25, -0.2) is 0 Å². The second kappa shape index (κ2) is 8.52. The number of hydrogen-bond acceptors (Lipinski definition) is 4. The molecule has 3 aromatic rings. The molecule has 0 fully saturated rings. The quantitative estimate of drug-likeness (QED) is 0.322. The fourth-order valence-electron chi connectivity index (χ4n) is 4.52. The summed E-state index contributed by atoms with van der Waals surface area (Å²) in [5.41, 5.74) is 6.10. The van der Waals surface area contributed by atoms with Crippen LogP contribution in [0, 0.1) is 0 Å². The molecule has 0 radical (unpaired) electrons. The van der Waals surface area contributed by atoms with Crippen molar-refractivity contribution in [2.45, 2.75) is 24.4 Å². The number of benzene rings is 3. The van der Waals surface area contributed by atoms with E-state index in [0.29, 0.717) is 35.3 Å². The highest BCUT2D eigenvalue weighted by Gasteiger charge is 2.49. The van der Waals surface area contributed by atoms with E-state index in [4.69, 9.17) is 5.73 Å². The summed E-state index contributed by atoms with van der Waals surface area (Å²) in [5, 5.41) is 0. The van der Waals surface area contributed by atoms with Gasteiger partial charge >= 0.3 is 6.18 Å². The van der Waals surface area contributed by atoms with Crippen LogP contribution < -0.4 is 15.5 Å². The molecule has 1 atom stereocenters. The van der Waals surface area contributed by atoms with Crippen LogP contribution in [0.3, 0.4) is 0 Å². The molecule has 1 aliphatic rings. The van der Waals surface area contributed by atoms with Crippen molar-refractivity contribution in [1.82, 2.24) is 0 Å². The number of carbonyl (C=O) groups excluding carboxylic acids is 2. The maximum atomic E-state index is 14.2. The van der Waals surface area contributed by atoms with Crippen LogP contribution in [0.15, 0.2) is 66.7 Å². The molecule has 1 aliphatic carbocycles. The highest BCUT2D eigenvalue weighted by Crippen LogP contribution is 2.45. The molecular formula is C26H24F3N3O2. The third-order valence-corrected chi connectivity index (χ3v) is 6.22. The first-order valence-electron chi connectivity index (χ1n) is 10.7. The third-order valence-electron chi connectivity index (χ3n) is 6.22. The van der Waals surface area contributed by atoms with Gasteiger partial charge in [0.1, 0.15) is 11.7 Å². The molecule has 1 unspecified atom stereocenters. The van der Waals surface area contributed by atoms with E-state index in [1.165, 1.54) is 11.0 Å². The van der Waals surface area contributed by atoms with E-state index in [9.17, 15) is 22.8 Å². The van der Waals surface area contributed by atoms with Crippen LogP contribution in [0.4, 0.5) is 35.9 Å². The average molecular weight is 467 g/mol. The van der Waals surface area contributed by atoms with Gasteiger partial charge in [0, 0.05) is 25.5 Å². The lowest BCUT2D eigenvalue weighted by Gasteiger charge is -2.34. The largest absolute Gasteiger partial charge is 0.416 e. The van der Waals surface area contributed by atoms with E-state index in [1.54, 1.807) is 67.5 Å². The van der Waals surface area contributed by atoms with E-state index >= 15 is 0 Å². The predicted octanol–water partition coefficient (Wildman–Crippen LogP) is 5.10. The summed E-state index contributed by atoms with van der Waals surface area (Å²) in [6, 6.07) is 16.7. The SMILES string of the molecule is CN(C)c1ccc(C(F)(F)F)cc1N(C(=O)C1(C=O)CCc2cc(N)ccc21)c1ccccc1. The fraction of sp³-hybridized carbons (Fsp3) is 0.231. The number of nitrogens with two attached hydrogens (primary N) is 1. The van der Waals surface area contributed by atoms with Crippen molar-refractivity contribution in [2.24, 2.45) is 0 Å². The monoisotopic (exact) mass is 467 g/mol. The molecule has 0 aromatic heterocycles. The zero-order chi connectivity index (χ0) is 24.7. The van der Waals surface area contributed by atoms with E-state index in [-0.39, 0.29) is 12.1 Å². The number of nitrogen functional groups attached to an aromatic ring is 1. The van der Waals surface area contributed by atoms with Gasteiger partial charge in [-0.2, -0.15) is 13.2 Å². The molecule has 0 heterocycles. The zero-order valence-electron chi connectivity index (χ0n) is 18.8. The van der Waals surface area contributed by atoms with Crippen molar-refractivity contribution < 1.29 is 22.8 Å². The first kappa shape index (κ1) is 23.4. The molecule has 0 spiro atoms. The van der Waals surface area contributed by atoms with Crippen LogP contribution in [0.25, 0.3) is 0 Å².